The van der Waals surface area contributed by atoms with Crippen molar-refractivity contribution in [3.8, 4) is 6.07 Å². The maximum absolute atomic E-state index is 13.3. The molecule has 19 heavy (non-hydrogen) atoms. The summed E-state index contributed by atoms with van der Waals surface area (Å²) in [6.45, 7) is 0.408. The second kappa shape index (κ2) is 6.05. The van der Waals surface area contributed by atoms with Gasteiger partial charge in [-0.3, -0.25) is 0 Å². The highest BCUT2D eigenvalue weighted by atomic mass is 79.9. The quantitative estimate of drug-likeness (QED) is 0.878. The Balaban J connectivity index is 2.17. The van der Waals surface area contributed by atoms with Gasteiger partial charge in [-0.2, -0.15) is 5.26 Å². The van der Waals surface area contributed by atoms with Crippen LogP contribution >= 0.6 is 27.5 Å². The summed E-state index contributed by atoms with van der Waals surface area (Å²) in [6.07, 6.45) is 0. The number of hydrogen-bond acceptors (Lipinski definition) is 2. The Morgan fingerprint density at radius 2 is 2.11 bits per heavy atom. The maximum atomic E-state index is 13.3. The second-order valence-electron chi connectivity index (χ2n) is 3.91. The van der Waals surface area contributed by atoms with Crippen LogP contribution in [0.3, 0.4) is 0 Å². The van der Waals surface area contributed by atoms with Gasteiger partial charge in [-0.15, -0.1) is 0 Å². The Bertz CT molecular complexity index is 652. The zero-order valence-electron chi connectivity index (χ0n) is 9.75. The van der Waals surface area contributed by atoms with Gasteiger partial charge in [0.2, 0.25) is 0 Å². The zero-order chi connectivity index (χ0) is 13.8. The summed E-state index contributed by atoms with van der Waals surface area (Å²) in [5.74, 6) is -0.416. The molecule has 0 unspecified atom stereocenters. The van der Waals surface area contributed by atoms with Gasteiger partial charge in [-0.1, -0.05) is 17.7 Å². The van der Waals surface area contributed by atoms with Crippen LogP contribution in [0.4, 0.5) is 10.1 Å². The van der Waals surface area contributed by atoms with Crippen molar-refractivity contribution in [1.29, 1.82) is 5.26 Å². The SMILES string of the molecule is N#Cc1cc(F)cc(CNc2cccc(Cl)c2Br)c1. The van der Waals surface area contributed by atoms with E-state index in [1.807, 2.05) is 18.2 Å². The van der Waals surface area contributed by atoms with Crippen LogP contribution in [-0.4, -0.2) is 0 Å². The molecule has 0 fully saturated rings. The largest absolute Gasteiger partial charge is 0.380 e. The molecule has 0 aliphatic heterocycles. The van der Waals surface area contributed by atoms with Crippen LogP contribution in [0.2, 0.25) is 5.02 Å². The third-order valence-electron chi connectivity index (χ3n) is 2.52. The summed E-state index contributed by atoms with van der Waals surface area (Å²) >= 11 is 9.35. The number of hydrogen-bond donors (Lipinski definition) is 1. The highest BCUT2D eigenvalue weighted by molar-refractivity contribution is 9.10. The third kappa shape index (κ3) is 3.46. The highest BCUT2D eigenvalue weighted by Crippen LogP contribution is 2.30. The molecule has 0 spiro atoms. The Kier molecular flexibility index (Phi) is 4.41. The lowest BCUT2D eigenvalue weighted by molar-refractivity contribution is 0.625. The van der Waals surface area contributed by atoms with E-state index >= 15 is 0 Å². The van der Waals surface area contributed by atoms with Gasteiger partial charge in [0, 0.05) is 6.54 Å². The number of nitrogens with one attached hydrogen (secondary N) is 1. The average Bonchev–Trinajstić information content (AvgIpc) is 2.40. The number of nitrogens with zero attached hydrogens (tertiary/aromatic N) is 1. The monoisotopic (exact) mass is 338 g/mol. The Labute approximate surface area is 123 Å². The fourth-order valence-electron chi connectivity index (χ4n) is 1.65. The summed E-state index contributed by atoms with van der Waals surface area (Å²) < 4.78 is 14.0. The van der Waals surface area contributed by atoms with Crippen molar-refractivity contribution in [1.82, 2.24) is 0 Å². The number of nitriles is 1. The molecule has 0 heterocycles. The van der Waals surface area contributed by atoms with E-state index in [0.717, 1.165) is 10.2 Å². The Hall–Kier alpha value is -1.57. The van der Waals surface area contributed by atoms with Crippen LogP contribution in [0, 0.1) is 17.1 Å². The summed E-state index contributed by atoms with van der Waals surface area (Å²) in [5, 5.41) is 12.5. The molecule has 2 rings (SSSR count). The lowest BCUT2D eigenvalue weighted by Gasteiger charge is -2.10. The van der Waals surface area contributed by atoms with E-state index in [0.29, 0.717) is 22.7 Å². The first kappa shape index (κ1) is 13.9. The standard InChI is InChI=1S/C14H9BrClFN2/c15-14-12(16)2-1-3-13(14)19-8-10-4-9(7-18)5-11(17)6-10/h1-6,19H,8H2. The number of halogens is 3. The second-order valence-corrected chi connectivity index (χ2v) is 5.12. The van der Waals surface area contributed by atoms with Gasteiger partial charge >= 0.3 is 0 Å². The molecule has 1 N–H and O–H groups in total. The fourth-order valence-corrected chi connectivity index (χ4v) is 2.23. The van der Waals surface area contributed by atoms with E-state index in [4.69, 9.17) is 16.9 Å². The van der Waals surface area contributed by atoms with E-state index in [2.05, 4.69) is 21.2 Å². The molecular weight excluding hydrogens is 331 g/mol. The topological polar surface area (TPSA) is 35.8 Å². The van der Waals surface area contributed by atoms with E-state index in [-0.39, 0.29) is 0 Å². The lowest BCUT2D eigenvalue weighted by Crippen LogP contribution is -2.01. The van der Waals surface area contributed by atoms with Crippen molar-refractivity contribution >= 4 is 33.2 Å². The van der Waals surface area contributed by atoms with E-state index in [1.54, 1.807) is 12.1 Å². The summed E-state index contributed by atoms with van der Waals surface area (Å²) in [4.78, 5) is 0. The van der Waals surface area contributed by atoms with Crippen LogP contribution in [-0.2, 0) is 6.54 Å². The van der Waals surface area contributed by atoms with Crippen molar-refractivity contribution in [3.63, 3.8) is 0 Å². The van der Waals surface area contributed by atoms with Crippen molar-refractivity contribution in [2.45, 2.75) is 6.54 Å². The lowest BCUT2D eigenvalue weighted by atomic mass is 10.1. The Morgan fingerprint density at radius 1 is 1.32 bits per heavy atom. The first-order chi connectivity index (χ1) is 9.10. The van der Waals surface area contributed by atoms with Gasteiger partial charge in [0.15, 0.2) is 0 Å². The summed E-state index contributed by atoms with van der Waals surface area (Å²) in [6, 6.07) is 11.6. The van der Waals surface area contributed by atoms with Crippen LogP contribution in [0.15, 0.2) is 40.9 Å². The van der Waals surface area contributed by atoms with E-state index in [9.17, 15) is 4.39 Å². The number of rotatable bonds is 3. The van der Waals surface area contributed by atoms with Crippen LogP contribution in [0.25, 0.3) is 0 Å². The van der Waals surface area contributed by atoms with E-state index < -0.39 is 5.82 Å². The minimum atomic E-state index is -0.416. The van der Waals surface area contributed by atoms with Gasteiger partial charge < -0.3 is 5.32 Å². The first-order valence-corrected chi connectivity index (χ1v) is 6.64. The normalized spacial score (nSPS) is 10.0. The molecule has 0 saturated heterocycles. The molecule has 0 atom stereocenters. The predicted octanol–water partition coefficient (Wildman–Crippen LogP) is 4.73. The van der Waals surface area contributed by atoms with Crippen molar-refractivity contribution in [2.24, 2.45) is 0 Å². The third-order valence-corrected chi connectivity index (χ3v) is 3.92. The van der Waals surface area contributed by atoms with Crippen LogP contribution < -0.4 is 5.32 Å². The highest BCUT2D eigenvalue weighted by Gasteiger charge is 2.05. The molecule has 0 saturated carbocycles. The molecule has 0 aromatic heterocycles. The molecule has 0 aliphatic rings. The predicted molar refractivity (Wildman–Crippen MR) is 77.6 cm³/mol. The van der Waals surface area contributed by atoms with Gasteiger partial charge in [-0.25, -0.2) is 4.39 Å². The van der Waals surface area contributed by atoms with Crippen LogP contribution in [0.1, 0.15) is 11.1 Å². The summed E-state index contributed by atoms with van der Waals surface area (Å²) in [7, 11) is 0. The molecule has 0 bridgehead atoms. The van der Waals surface area contributed by atoms with Gasteiger partial charge in [0.1, 0.15) is 5.82 Å². The molecular formula is C14H9BrClFN2. The number of anilines is 1. The molecule has 96 valence electrons. The minimum absolute atomic E-state index is 0.307. The molecule has 5 heteroatoms. The fraction of sp³-hybridized carbons (Fsp3) is 0.0714. The van der Waals surface area contributed by atoms with Crippen molar-refractivity contribution < 1.29 is 4.39 Å². The zero-order valence-corrected chi connectivity index (χ0v) is 12.1. The van der Waals surface area contributed by atoms with Gasteiger partial charge in [-0.05, 0) is 51.8 Å². The molecule has 0 aliphatic carbocycles. The van der Waals surface area contributed by atoms with E-state index in [1.165, 1.54) is 12.1 Å². The van der Waals surface area contributed by atoms with Crippen LogP contribution in [0.5, 0.6) is 0 Å². The molecule has 0 amide bonds. The molecule has 0 radical (unpaired) electrons. The molecule has 2 aromatic rings. The molecule has 2 aromatic carbocycles. The van der Waals surface area contributed by atoms with Crippen molar-refractivity contribution in [2.75, 3.05) is 5.32 Å². The number of benzene rings is 2. The van der Waals surface area contributed by atoms with Crippen molar-refractivity contribution in [3.05, 3.63) is 62.8 Å². The smallest absolute Gasteiger partial charge is 0.124 e. The molecule has 2 nitrogen and oxygen atoms in total. The minimum Gasteiger partial charge on any atom is -0.380 e. The van der Waals surface area contributed by atoms with Gasteiger partial charge in [0.25, 0.3) is 0 Å². The Morgan fingerprint density at radius 3 is 2.84 bits per heavy atom. The average molecular weight is 340 g/mol. The maximum Gasteiger partial charge on any atom is 0.124 e. The van der Waals surface area contributed by atoms with Gasteiger partial charge in [0.05, 0.1) is 26.8 Å². The first-order valence-electron chi connectivity index (χ1n) is 5.47. The summed E-state index contributed by atoms with van der Waals surface area (Å²) in [5.41, 5.74) is 1.82.